The number of nitro groups is 1. The molecule has 1 aromatic heterocycles. The minimum Gasteiger partial charge on any atom is -0.502 e. The van der Waals surface area contributed by atoms with Crippen molar-refractivity contribution in [3.63, 3.8) is 0 Å². The fourth-order valence-corrected chi connectivity index (χ4v) is 1.88. The van der Waals surface area contributed by atoms with E-state index in [1.54, 1.807) is 6.07 Å². The van der Waals surface area contributed by atoms with Gasteiger partial charge in [-0.1, -0.05) is 6.07 Å². The van der Waals surface area contributed by atoms with E-state index in [0.29, 0.717) is 10.2 Å². The van der Waals surface area contributed by atoms with Crippen LogP contribution in [0.1, 0.15) is 10.4 Å². The molecule has 20 heavy (non-hydrogen) atoms. The van der Waals surface area contributed by atoms with E-state index in [1.807, 2.05) is 0 Å². The highest BCUT2D eigenvalue weighted by Gasteiger charge is 2.21. The molecule has 2 N–H and O–H groups in total. The van der Waals surface area contributed by atoms with Crippen LogP contribution in [0.4, 0.5) is 11.4 Å². The molecule has 2 rings (SSSR count). The second-order valence-corrected chi connectivity index (χ2v) is 4.59. The third-order valence-corrected chi connectivity index (χ3v) is 3.11. The summed E-state index contributed by atoms with van der Waals surface area (Å²) in [5, 5.41) is 23.0. The molecular weight excluding hydrogens is 330 g/mol. The average Bonchev–Trinajstić information content (AvgIpc) is 2.41. The Morgan fingerprint density at radius 1 is 1.40 bits per heavy atom. The molecular formula is C12H8BrN3O4. The minimum atomic E-state index is -0.755. The summed E-state index contributed by atoms with van der Waals surface area (Å²) in [4.78, 5) is 25.8. The predicted molar refractivity (Wildman–Crippen MR) is 74.7 cm³/mol. The Kier molecular flexibility index (Phi) is 3.94. The average molecular weight is 338 g/mol. The monoisotopic (exact) mass is 337 g/mol. The van der Waals surface area contributed by atoms with Crippen molar-refractivity contribution in [1.82, 2.24) is 4.98 Å². The van der Waals surface area contributed by atoms with Gasteiger partial charge in [0.1, 0.15) is 0 Å². The standard InChI is InChI=1S/C12H8BrN3O4/c13-8-6-14-5-4-9(8)15-12(18)7-2-1-3-10(11(7)17)16(19)20/h1-6,17H,(H,14,15,18). The summed E-state index contributed by atoms with van der Waals surface area (Å²) in [6.45, 7) is 0. The van der Waals surface area contributed by atoms with E-state index in [2.05, 4.69) is 26.2 Å². The van der Waals surface area contributed by atoms with E-state index in [9.17, 15) is 20.0 Å². The third-order valence-electron chi connectivity index (χ3n) is 2.48. The number of carbonyl (C=O) groups excluding carboxylic acids is 1. The van der Waals surface area contributed by atoms with E-state index in [-0.39, 0.29) is 5.56 Å². The maximum Gasteiger partial charge on any atom is 0.311 e. The zero-order valence-corrected chi connectivity index (χ0v) is 11.5. The molecule has 0 bridgehead atoms. The number of phenolic OH excluding ortho intramolecular Hbond substituents is 1. The Hall–Kier alpha value is -2.48. The number of nitrogens with zero attached hydrogens (tertiary/aromatic N) is 2. The lowest BCUT2D eigenvalue weighted by molar-refractivity contribution is -0.385. The summed E-state index contributed by atoms with van der Waals surface area (Å²) in [5.41, 5.74) is -0.259. The zero-order valence-electron chi connectivity index (χ0n) is 9.91. The molecule has 0 saturated heterocycles. The fourth-order valence-electron chi connectivity index (χ4n) is 1.53. The van der Waals surface area contributed by atoms with Crippen molar-refractivity contribution in [1.29, 1.82) is 0 Å². The number of hydrogen-bond donors (Lipinski definition) is 2. The van der Waals surface area contributed by atoms with Crippen molar-refractivity contribution < 1.29 is 14.8 Å². The Bertz CT molecular complexity index is 690. The fraction of sp³-hybridized carbons (Fsp3) is 0. The van der Waals surface area contributed by atoms with Gasteiger partial charge in [-0.3, -0.25) is 19.9 Å². The lowest BCUT2D eigenvalue weighted by Crippen LogP contribution is -2.13. The second kappa shape index (κ2) is 5.66. The number of para-hydroxylation sites is 1. The quantitative estimate of drug-likeness (QED) is 0.661. The van der Waals surface area contributed by atoms with Crippen LogP contribution in [-0.4, -0.2) is 20.9 Å². The highest BCUT2D eigenvalue weighted by molar-refractivity contribution is 9.10. The summed E-state index contributed by atoms with van der Waals surface area (Å²) in [7, 11) is 0. The Morgan fingerprint density at radius 2 is 2.15 bits per heavy atom. The smallest absolute Gasteiger partial charge is 0.311 e. The summed E-state index contributed by atoms with van der Waals surface area (Å²) in [6, 6.07) is 5.30. The van der Waals surface area contributed by atoms with Gasteiger partial charge in [0, 0.05) is 18.5 Å². The summed E-state index contributed by atoms with van der Waals surface area (Å²) >= 11 is 3.21. The van der Waals surface area contributed by atoms with Crippen molar-refractivity contribution in [3.05, 3.63) is 56.8 Å². The molecule has 0 fully saturated rings. The lowest BCUT2D eigenvalue weighted by atomic mass is 10.1. The molecule has 2 aromatic rings. The van der Waals surface area contributed by atoms with Crippen LogP contribution >= 0.6 is 15.9 Å². The molecule has 0 aliphatic rings. The first-order valence-corrected chi connectivity index (χ1v) is 6.17. The molecule has 7 nitrogen and oxygen atoms in total. The SMILES string of the molecule is O=C(Nc1ccncc1Br)c1cccc([N+](=O)[O-])c1O. The number of carbonyl (C=O) groups is 1. The largest absolute Gasteiger partial charge is 0.502 e. The number of benzene rings is 1. The van der Waals surface area contributed by atoms with Crippen molar-refractivity contribution in [3.8, 4) is 5.75 Å². The molecule has 0 aliphatic carbocycles. The number of hydrogen-bond acceptors (Lipinski definition) is 5. The van der Waals surface area contributed by atoms with E-state index < -0.39 is 22.3 Å². The van der Waals surface area contributed by atoms with Gasteiger partial charge in [0.2, 0.25) is 5.75 Å². The zero-order chi connectivity index (χ0) is 14.7. The van der Waals surface area contributed by atoms with Crippen molar-refractivity contribution in [2.45, 2.75) is 0 Å². The highest BCUT2D eigenvalue weighted by atomic mass is 79.9. The van der Waals surface area contributed by atoms with Crippen LogP contribution in [-0.2, 0) is 0 Å². The number of rotatable bonds is 3. The number of halogens is 1. The summed E-state index contributed by atoms with van der Waals surface area (Å²) in [5.74, 6) is -1.32. The number of pyridine rings is 1. The number of nitrogens with one attached hydrogen (secondary N) is 1. The number of aromatic hydroxyl groups is 1. The second-order valence-electron chi connectivity index (χ2n) is 3.74. The predicted octanol–water partition coefficient (Wildman–Crippen LogP) is 2.71. The molecule has 1 aromatic carbocycles. The first-order valence-electron chi connectivity index (χ1n) is 5.38. The molecule has 0 radical (unpaired) electrons. The molecule has 0 atom stereocenters. The molecule has 0 aliphatic heterocycles. The maximum atomic E-state index is 12.0. The van der Waals surface area contributed by atoms with Gasteiger partial charge in [0.25, 0.3) is 5.91 Å². The number of anilines is 1. The van der Waals surface area contributed by atoms with Crippen molar-refractivity contribution >= 4 is 33.2 Å². The van der Waals surface area contributed by atoms with Gasteiger partial charge in [-0.2, -0.15) is 0 Å². The maximum absolute atomic E-state index is 12.0. The van der Waals surface area contributed by atoms with Crippen LogP contribution in [0.25, 0.3) is 0 Å². The Morgan fingerprint density at radius 3 is 2.80 bits per heavy atom. The number of aromatic nitrogens is 1. The third kappa shape index (κ3) is 2.75. The topological polar surface area (TPSA) is 105 Å². The minimum absolute atomic E-state index is 0.178. The van der Waals surface area contributed by atoms with Crippen LogP contribution < -0.4 is 5.32 Å². The first-order chi connectivity index (χ1) is 9.50. The van der Waals surface area contributed by atoms with Crippen LogP contribution in [0.15, 0.2) is 41.1 Å². The van der Waals surface area contributed by atoms with Crippen molar-refractivity contribution in [2.75, 3.05) is 5.32 Å². The lowest BCUT2D eigenvalue weighted by Gasteiger charge is -2.08. The summed E-state index contributed by atoms with van der Waals surface area (Å²) in [6.07, 6.45) is 2.97. The Labute approximate surface area is 121 Å². The van der Waals surface area contributed by atoms with Gasteiger partial charge >= 0.3 is 5.69 Å². The van der Waals surface area contributed by atoms with Crippen LogP contribution in [0, 0.1) is 10.1 Å². The first kappa shape index (κ1) is 13.9. The summed E-state index contributed by atoms with van der Waals surface area (Å²) < 4.78 is 0.554. The number of amides is 1. The molecule has 0 spiro atoms. The van der Waals surface area contributed by atoms with E-state index in [1.165, 1.54) is 24.5 Å². The van der Waals surface area contributed by atoms with Crippen molar-refractivity contribution in [2.24, 2.45) is 0 Å². The highest BCUT2D eigenvalue weighted by Crippen LogP contribution is 2.30. The van der Waals surface area contributed by atoms with Gasteiger partial charge in [-0.25, -0.2) is 0 Å². The van der Waals surface area contributed by atoms with E-state index in [0.717, 1.165) is 6.07 Å². The molecule has 1 heterocycles. The molecule has 8 heteroatoms. The van der Waals surface area contributed by atoms with Gasteiger partial charge in [0.15, 0.2) is 0 Å². The molecule has 0 unspecified atom stereocenters. The number of nitro benzene ring substituents is 1. The van der Waals surface area contributed by atoms with Gasteiger partial charge in [-0.05, 0) is 28.1 Å². The Balaban J connectivity index is 2.33. The normalized spacial score (nSPS) is 10.1. The van der Waals surface area contributed by atoms with Gasteiger partial charge in [0.05, 0.1) is 20.6 Å². The molecule has 0 saturated carbocycles. The van der Waals surface area contributed by atoms with Crippen LogP contribution in [0.2, 0.25) is 0 Å². The van der Waals surface area contributed by atoms with E-state index >= 15 is 0 Å². The van der Waals surface area contributed by atoms with Gasteiger partial charge < -0.3 is 10.4 Å². The molecule has 1 amide bonds. The number of phenols is 1. The van der Waals surface area contributed by atoms with Crippen LogP contribution in [0.3, 0.4) is 0 Å². The molecule has 102 valence electrons. The van der Waals surface area contributed by atoms with Crippen LogP contribution in [0.5, 0.6) is 5.75 Å². The van der Waals surface area contributed by atoms with Gasteiger partial charge in [-0.15, -0.1) is 0 Å². The van der Waals surface area contributed by atoms with E-state index in [4.69, 9.17) is 0 Å².